The predicted octanol–water partition coefficient (Wildman–Crippen LogP) is 3.72. The molecule has 5 heteroatoms. The Morgan fingerprint density at radius 3 is 2.67 bits per heavy atom. The highest BCUT2D eigenvalue weighted by atomic mass is 32.1. The van der Waals surface area contributed by atoms with Crippen LogP contribution in [0.4, 0.5) is 0 Å². The lowest BCUT2D eigenvalue weighted by molar-refractivity contribution is 0.0610. The van der Waals surface area contributed by atoms with E-state index in [-0.39, 0.29) is 6.10 Å². The van der Waals surface area contributed by atoms with Gasteiger partial charge in [-0.25, -0.2) is 0 Å². The highest BCUT2D eigenvalue weighted by molar-refractivity contribution is 7.10. The van der Waals surface area contributed by atoms with Crippen LogP contribution in [0.2, 0.25) is 0 Å². The fourth-order valence-corrected chi connectivity index (χ4v) is 3.48. The fourth-order valence-electron chi connectivity index (χ4n) is 2.70. The Labute approximate surface area is 147 Å². The first kappa shape index (κ1) is 16.9. The van der Waals surface area contributed by atoms with Crippen molar-refractivity contribution in [2.24, 2.45) is 7.05 Å². The van der Waals surface area contributed by atoms with Gasteiger partial charge in [0.1, 0.15) is 6.10 Å². The van der Waals surface area contributed by atoms with Gasteiger partial charge in [0.25, 0.3) is 0 Å². The smallest absolute Gasteiger partial charge is 0.133 e. The summed E-state index contributed by atoms with van der Waals surface area (Å²) in [6.07, 6.45) is 1.77. The van der Waals surface area contributed by atoms with E-state index in [1.165, 1.54) is 10.4 Å². The van der Waals surface area contributed by atoms with Crippen molar-refractivity contribution >= 4 is 11.3 Å². The Balaban J connectivity index is 1.57. The molecule has 0 bridgehead atoms. The summed E-state index contributed by atoms with van der Waals surface area (Å²) in [4.78, 5) is 3.49. The summed E-state index contributed by atoms with van der Waals surface area (Å²) in [7, 11) is 4.08. The number of aromatic nitrogens is 2. The molecule has 0 radical (unpaired) electrons. The van der Waals surface area contributed by atoms with Crippen LogP contribution >= 0.6 is 11.3 Å². The molecule has 4 nitrogen and oxygen atoms in total. The molecule has 0 aliphatic carbocycles. The van der Waals surface area contributed by atoms with E-state index in [0.29, 0.717) is 6.61 Å². The van der Waals surface area contributed by atoms with Gasteiger partial charge in [0, 0.05) is 31.2 Å². The molecule has 0 spiro atoms. The summed E-state index contributed by atoms with van der Waals surface area (Å²) in [6, 6.07) is 16.7. The molecule has 1 aromatic carbocycles. The normalized spacial score (nSPS) is 12.6. The number of ether oxygens (including phenoxy) is 1. The molecule has 3 aromatic rings. The third-order valence-corrected chi connectivity index (χ3v) is 4.90. The number of nitrogens with zero attached hydrogens (tertiary/aromatic N) is 3. The molecule has 0 aliphatic rings. The molecule has 2 heterocycles. The molecule has 0 fully saturated rings. The van der Waals surface area contributed by atoms with Gasteiger partial charge in [-0.05, 0) is 30.1 Å². The van der Waals surface area contributed by atoms with Gasteiger partial charge in [-0.3, -0.25) is 9.58 Å². The minimum Gasteiger partial charge on any atom is -0.365 e. The van der Waals surface area contributed by atoms with Gasteiger partial charge < -0.3 is 4.74 Å². The number of hydrogen-bond acceptors (Lipinski definition) is 4. The van der Waals surface area contributed by atoms with Crippen LogP contribution in [0.25, 0.3) is 0 Å². The molecule has 0 amide bonds. The van der Waals surface area contributed by atoms with Crippen LogP contribution in [0.15, 0.2) is 60.1 Å². The molecule has 0 saturated carbocycles. The Kier molecular flexibility index (Phi) is 5.80. The second kappa shape index (κ2) is 8.24. The van der Waals surface area contributed by atoms with E-state index in [4.69, 9.17) is 4.74 Å². The number of benzene rings is 1. The molecule has 3 rings (SSSR count). The highest BCUT2D eigenvalue weighted by Crippen LogP contribution is 2.28. The maximum Gasteiger partial charge on any atom is 0.133 e. The van der Waals surface area contributed by atoms with Gasteiger partial charge in [-0.15, -0.1) is 11.3 Å². The monoisotopic (exact) mass is 341 g/mol. The molecule has 0 aliphatic heterocycles. The van der Waals surface area contributed by atoms with Crippen molar-refractivity contribution in [1.82, 2.24) is 14.7 Å². The van der Waals surface area contributed by atoms with Crippen LogP contribution in [-0.4, -0.2) is 34.9 Å². The average molecular weight is 341 g/mol. The number of aryl methyl sites for hydroxylation is 1. The molecular formula is C19H23N3OS. The van der Waals surface area contributed by atoms with Gasteiger partial charge in [0.2, 0.25) is 0 Å². The molecule has 126 valence electrons. The number of thiophene rings is 1. The number of hydrogen-bond donors (Lipinski definition) is 0. The van der Waals surface area contributed by atoms with E-state index in [9.17, 15) is 0 Å². The molecule has 24 heavy (non-hydrogen) atoms. The van der Waals surface area contributed by atoms with Gasteiger partial charge in [-0.2, -0.15) is 5.10 Å². The van der Waals surface area contributed by atoms with Crippen LogP contribution < -0.4 is 0 Å². The zero-order valence-corrected chi connectivity index (χ0v) is 14.9. The van der Waals surface area contributed by atoms with Crippen molar-refractivity contribution in [3.8, 4) is 0 Å². The maximum absolute atomic E-state index is 6.23. The van der Waals surface area contributed by atoms with Gasteiger partial charge in [-0.1, -0.05) is 36.4 Å². The van der Waals surface area contributed by atoms with Gasteiger partial charge >= 0.3 is 0 Å². The van der Waals surface area contributed by atoms with E-state index in [2.05, 4.69) is 58.8 Å². The molecular weight excluding hydrogens is 318 g/mol. The summed E-state index contributed by atoms with van der Waals surface area (Å²) in [5.41, 5.74) is 2.41. The Morgan fingerprint density at radius 1 is 1.17 bits per heavy atom. The zero-order valence-electron chi connectivity index (χ0n) is 14.1. The lowest BCUT2D eigenvalue weighted by Gasteiger charge is -2.21. The number of likely N-dealkylation sites (N-methyl/N-ethyl adjacent to an activating group) is 1. The van der Waals surface area contributed by atoms with E-state index >= 15 is 0 Å². The SMILES string of the molecule is CN(CCOC(c1cccs1)c1ccnn1C)Cc1ccccc1. The summed E-state index contributed by atoms with van der Waals surface area (Å²) < 4.78 is 8.11. The molecule has 1 atom stereocenters. The minimum absolute atomic E-state index is 0.0531. The molecule has 0 saturated heterocycles. The van der Waals surface area contributed by atoms with E-state index in [1.807, 2.05) is 30.1 Å². The Morgan fingerprint density at radius 2 is 2.00 bits per heavy atom. The maximum atomic E-state index is 6.23. The van der Waals surface area contributed by atoms with Crippen LogP contribution in [-0.2, 0) is 18.3 Å². The summed E-state index contributed by atoms with van der Waals surface area (Å²) in [6.45, 7) is 2.49. The highest BCUT2D eigenvalue weighted by Gasteiger charge is 2.19. The lowest BCUT2D eigenvalue weighted by Crippen LogP contribution is -2.24. The largest absolute Gasteiger partial charge is 0.365 e. The first-order valence-electron chi connectivity index (χ1n) is 8.09. The van der Waals surface area contributed by atoms with Crippen LogP contribution in [0.1, 0.15) is 22.2 Å². The predicted molar refractivity (Wildman–Crippen MR) is 98.1 cm³/mol. The van der Waals surface area contributed by atoms with Crippen molar-refractivity contribution in [3.05, 3.63) is 76.2 Å². The standard InChI is InChI=1S/C19H23N3OS/c1-21(15-16-7-4-3-5-8-16)12-13-23-19(18-9-6-14-24-18)17-10-11-20-22(17)2/h3-11,14,19H,12-13,15H2,1-2H3. The first-order chi connectivity index (χ1) is 11.7. The summed E-state index contributed by atoms with van der Waals surface area (Å²) >= 11 is 1.72. The zero-order chi connectivity index (χ0) is 16.8. The van der Waals surface area contributed by atoms with Crippen molar-refractivity contribution in [3.63, 3.8) is 0 Å². The fraction of sp³-hybridized carbons (Fsp3) is 0.316. The van der Waals surface area contributed by atoms with E-state index in [1.54, 1.807) is 11.3 Å². The second-order valence-corrected chi connectivity index (χ2v) is 6.85. The third-order valence-electron chi connectivity index (χ3n) is 3.98. The Bertz CT molecular complexity index is 724. The summed E-state index contributed by atoms with van der Waals surface area (Å²) in [5.74, 6) is 0. The second-order valence-electron chi connectivity index (χ2n) is 5.87. The lowest BCUT2D eigenvalue weighted by atomic mass is 10.2. The quantitative estimate of drug-likeness (QED) is 0.625. The molecule has 1 unspecified atom stereocenters. The minimum atomic E-state index is -0.0531. The van der Waals surface area contributed by atoms with Crippen molar-refractivity contribution in [2.45, 2.75) is 12.6 Å². The average Bonchev–Trinajstić information content (AvgIpc) is 3.25. The topological polar surface area (TPSA) is 30.3 Å². The third kappa shape index (κ3) is 4.32. The van der Waals surface area contributed by atoms with Crippen molar-refractivity contribution in [1.29, 1.82) is 0 Å². The van der Waals surface area contributed by atoms with Crippen LogP contribution in [0.5, 0.6) is 0 Å². The number of rotatable bonds is 8. The molecule has 2 aromatic heterocycles. The van der Waals surface area contributed by atoms with Crippen molar-refractivity contribution < 1.29 is 4.74 Å². The van der Waals surface area contributed by atoms with Crippen molar-refractivity contribution in [2.75, 3.05) is 20.2 Å². The van der Waals surface area contributed by atoms with E-state index < -0.39 is 0 Å². The Hall–Kier alpha value is -1.95. The van der Waals surface area contributed by atoms with Crippen LogP contribution in [0.3, 0.4) is 0 Å². The molecule has 0 N–H and O–H groups in total. The van der Waals surface area contributed by atoms with E-state index in [0.717, 1.165) is 18.8 Å². The van der Waals surface area contributed by atoms with Crippen LogP contribution in [0, 0.1) is 0 Å². The summed E-state index contributed by atoms with van der Waals surface area (Å²) in [5, 5.41) is 6.36. The van der Waals surface area contributed by atoms with Gasteiger partial charge in [0.05, 0.1) is 12.3 Å². The van der Waals surface area contributed by atoms with Gasteiger partial charge in [0.15, 0.2) is 0 Å². The first-order valence-corrected chi connectivity index (χ1v) is 8.97.